The molecule has 2 heterocycles. The number of aliphatic hydroxyl groups is 2. The van der Waals surface area contributed by atoms with Gasteiger partial charge in [-0.2, -0.15) is 8.78 Å². The summed E-state index contributed by atoms with van der Waals surface area (Å²) >= 11 is 0. The first-order chi connectivity index (χ1) is 13.2. The maximum Gasteiger partial charge on any atom is 0.301 e. The van der Waals surface area contributed by atoms with E-state index in [-0.39, 0.29) is 0 Å². The molecule has 1 fully saturated rings. The predicted octanol–water partition coefficient (Wildman–Crippen LogP) is 2.78. The van der Waals surface area contributed by atoms with Crippen LogP contribution in [0.5, 0.6) is 0 Å². The van der Waals surface area contributed by atoms with Crippen LogP contribution in [0, 0.1) is 12.7 Å². The summed E-state index contributed by atoms with van der Waals surface area (Å²) < 4.78 is 45.7. The molecule has 8 heteroatoms. The Morgan fingerprint density at radius 1 is 1.11 bits per heavy atom. The van der Waals surface area contributed by atoms with E-state index in [1.165, 1.54) is 12.5 Å². The lowest BCUT2D eigenvalue weighted by Crippen LogP contribution is -2.41. The van der Waals surface area contributed by atoms with E-state index in [9.17, 15) is 23.4 Å². The van der Waals surface area contributed by atoms with Crippen LogP contribution in [0.1, 0.15) is 29.4 Å². The van der Waals surface area contributed by atoms with E-state index >= 15 is 0 Å². The third-order valence-electron chi connectivity index (χ3n) is 4.85. The summed E-state index contributed by atoms with van der Waals surface area (Å²) in [5.74, 6) is -4.13. The molecule has 1 aliphatic carbocycles. The van der Waals surface area contributed by atoms with Gasteiger partial charge in [-0.1, -0.05) is 24.3 Å². The van der Waals surface area contributed by atoms with Gasteiger partial charge in [-0.25, -0.2) is 14.4 Å². The van der Waals surface area contributed by atoms with Crippen molar-refractivity contribution in [3.63, 3.8) is 0 Å². The molecule has 4 rings (SSSR count). The van der Waals surface area contributed by atoms with Crippen LogP contribution in [-0.2, 0) is 17.1 Å². The molecule has 2 aliphatic rings. The van der Waals surface area contributed by atoms with Crippen molar-refractivity contribution < 1.29 is 28.1 Å². The van der Waals surface area contributed by atoms with Crippen molar-refractivity contribution >= 4 is 6.08 Å². The average Bonchev–Trinajstić information content (AvgIpc) is 3.24. The molecule has 0 unspecified atom stereocenters. The zero-order chi connectivity index (χ0) is 20.5. The van der Waals surface area contributed by atoms with Gasteiger partial charge in [0, 0.05) is 23.2 Å². The number of nitrogens with zero attached hydrogens (tertiary/aromatic N) is 2. The van der Waals surface area contributed by atoms with Crippen molar-refractivity contribution in [3.05, 3.63) is 65.0 Å². The maximum atomic E-state index is 14.1. The molecule has 0 amide bonds. The highest BCUT2D eigenvalue weighted by molar-refractivity contribution is 5.59. The Labute approximate surface area is 160 Å². The predicted molar refractivity (Wildman–Crippen MR) is 96.1 cm³/mol. The van der Waals surface area contributed by atoms with Gasteiger partial charge in [-0.3, -0.25) is 0 Å². The number of rotatable bonds is 2. The second-order valence-corrected chi connectivity index (χ2v) is 6.80. The standard InChI is InChI=1S/C12H13F3O3.C8H8N2/c1-6-9(16)10(17)11(18-6)12(14,15)7-2-4-8(13)5-3-7;1-6-7-3-2-4-8(7)10-5-9-6/h2-6,9-11,16-17H,1H3;2-3,5H,4H2,1H3/t6-,9-,10-,11-;/m0./s1. The number of aromatic nitrogens is 2. The highest BCUT2D eigenvalue weighted by Crippen LogP contribution is 2.40. The molecule has 1 saturated heterocycles. The number of aryl methyl sites for hydroxylation is 1. The van der Waals surface area contributed by atoms with Crippen molar-refractivity contribution in [3.8, 4) is 0 Å². The molecule has 0 radical (unpaired) electrons. The van der Waals surface area contributed by atoms with E-state index < -0.39 is 41.7 Å². The molecular formula is C20H21F3N2O3. The minimum Gasteiger partial charge on any atom is -0.388 e. The van der Waals surface area contributed by atoms with Crippen molar-refractivity contribution in [1.29, 1.82) is 0 Å². The molecule has 28 heavy (non-hydrogen) atoms. The Bertz CT molecular complexity index is 858. The van der Waals surface area contributed by atoms with Crippen LogP contribution in [0.2, 0.25) is 0 Å². The fourth-order valence-electron chi connectivity index (χ4n) is 3.19. The number of ether oxygens (including phenoxy) is 1. The van der Waals surface area contributed by atoms with Gasteiger partial charge in [-0.15, -0.1) is 0 Å². The van der Waals surface area contributed by atoms with Gasteiger partial charge in [0.25, 0.3) is 0 Å². The summed E-state index contributed by atoms with van der Waals surface area (Å²) in [6.45, 7) is 3.41. The number of alkyl halides is 2. The molecule has 1 aromatic heterocycles. The smallest absolute Gasteiger partial charge is 0.301 e. The second-order valence-electron chi connectivity index (χ2n) is 6.80. The number of halogens is 3. The Morgan fingerprint density at radius 3 is 2.36 bits per heavy atom. The summed E-state index contributed by atoms with van der Waals surface area (Å²) in [6, 6.07) is 3.68. The number of hydrogen-bond donors (Lipinski definition) is 2. The van der Waals surface area contributed by atoms with Crippen LogP contribution in [0.25, 0.3) is 6.08 Å². The molecule has 0 saturated carbocycles. The third-order valence-corrected chi connectivity index (χ3v) is 4.85. The van der Waals surface area contributed by atoms with Crippen molar-refractivity contribution in [2.45, 2.75) is 50.6 Å². The van der Waals surface area contributed by atoms with Crippen LogP contribution >= 0.6 is 0 Å². The minimum atomic E-state index is -3.50. The van der Waals surface area contributed by atoms with Gasteiger partial charge in [0.2, 0.25) is 0 Å². The van der Waals surface area contributed by atoms with Crippen LogP contribution < -0.4 is 0 Å². The van der Waals surface area contributed by atoms with Gasteiger partial charge in [-0.05, 0) is 26.0 Å². The number of fused-ring (bicyclic) bond motifs is 1. The first-order valence-electron chi connectivity index (χ1n) is 8.84. The van der Waals surface area contributed by atoms with Crippen LogP contribution in [0.15, 0.2) is 36.7 Å². The average molecular weight is 394 g/mol. The topological polar surface area (TPSA) is 75.5 Å². The summed E-state index contributed by atoms with van der Waals surface area (Å²) in [5, 5.41) is 19.0. The molecule has 4 atom stereocenters. The molecule has 5 nitrogen and oxygen atoms in total. The summed E-state index contributed by atoms with van der Waals surface area (Å²) in [4.78, 5) is 8.23. The highest BCUT2D eigenvalue weighted by atomic mass is 19.3. The van der Waals surface area contributed by atoms with E-state index in [2.05, 4.69) is 22.1 Å². The van der Waals surface area contributed by atoms with E-state index in [4.69, 9.17) is 4.74 Å². The largest absolute Gasteiger partial charge is 0.388 e. The normalized spacial score (nSPS) is 26.0. The van der Waals surface area contributed by atoms with Gasteiger partial charge < -0.3 is 14.9 Å². The first kappa shape index (κ1) is 20.4. The van der Waals surface area contributed by atoms with E-state index in [0.717, 1.165) is 42.1 Å². The van der Waals surface area contributed by atoms with Crippen LogP contribution in [-0.4, -0.2) is 44.6 Å². The molecule has 1 aromatic carbocycles. The Kier molecular flexibility index (Phi) is 5.83. The molecule has 0 bridgehead atoms. The monoisotopic (exact) mass is 394 g/mol. The summed E-state index contributed by atoms with van der Waals surface area (Å²) in [5.41, 5.74) is 2.99. The quantitative estimate of drug-likeness (QED) is 0.819. The first-order valence-corrected chi connectivity index (χ1v) is 8.84. The van der Waals surface area contributed by atoms with Crippen molar-refractivity contribution in [1.82, 2.24) is 9.97 Å². The molecule has 150 valence electrons. The molecule has 0 spiro atoms. The molecule has 2 aromatic rings. The van der Waals surface area contributed by atoms with Gasteiger partial charge in [0.15, 0.2) is 6.10 Å². The van der Waals surface area contributed by atoms with Crippen molar-refractivity contribution in [2.24, 2.45) is 0 Å². The van der Waals surface area contributed by atoms with Crippen LogP contribution in [0.4, 0.5) is 13.2 Å². The molecule has 2 N–H and O–H groups in total. The number of allylic oxidation sites excluding steroid dienone is 1. The molecule has 1 aliphatic heterocycles. The zero-order valence-corrected chi connectivity index (χ0v) is 15.4. The lowest BCUT2D eigenvalue weighted by molar-refractivity contribution is -0.159. The number of hydrogen-bond acceptors (Lipinski definition) is 5. The molecular weight excluding hydrogens is 373 g/mol. The van der Waals surface area contributed by atoms with Gasteiger partial charge in [0.1, 0.15) is 24.4 Å². The highest BCUT2D eigenvalue weighted by Gasteiger charge is 2.54. The number of benzene rings is 1. The van der Waals surface area contributed by atoms with E-state index in [1.54, 1.807) is 6.33 Å². The number of aliphatic hydroxyl groups excluding tert-OH is 2. The zero-order valence-electron chi connectivity index (χ0n) is 15.4. The Morgan fingerprint density at radius 2 is 1.79 bits per heavy atom. The minimum absolute atomic E-state index is 0.464. The Balaban J connectivity index is 0.000000188. The Hall–Kier alpha value is -2.29. The maximum absolute atomic E-state index is 14.1. The fraction of sp³-hybridized carbons (Fsp3) is 0.400. The second kappa shape index (κ2) is 7.98. The summed E-state index contributed by atoms with van der Waals surface area (Å²) in [7, 11) is 0. The van der Waals surface area contributed by atoms with Gasteiger partial charge in [0.05, 0.1) is 11.8 Å². The third kappa shape index (κ3) is 3.94. The lowest BCUT2D eigenvalue weighted by Gasteiger charge is -2.25. The fourth-order valence-corrected chi connectivity index (χ4v) is 3.19. The SMILES string of the molecule is C[C@@H]1O[C@H](C(F)(F)c2ccc(F)cc2)[C@@H](O)[C@H]1O.Cc1ncnc2c1C=CC2. The van der Waals surface area contributed by atoms with Crippen molar-refractivity contribution in [2.75, 3.05) is 0 Å². The van der Waals surface area contributed by atoms with Crippen LogP contribution in [0.3, 0.4) is 0 Å². The van der Waals surface area contributed by atoms with E-state index in [1.807, 2.05) is 6.92 Å². The summed E-state index contributed by atoms with van der Waals surface area (Å²) in [6.07, 6.45) is 1.04. The van der Waals surface area contributed by atoms with Gasteiger partial charge >= 0.3 is 5.92 Å². The lowest BCUT2D eigenvalue weighted by atomic mass is 9.97. The van der Waals surface area contributed by atoms with E-state index in [0.29, 0.717) is 0 Å².